The first-order valence-electron chi connectivity index (χ1n) is 9.23. The molecule has 3 heterocycles. The van der Waals surface area contributed by atoms with Crippen molar-refractivity contribution in [3.8, 4) is 0 Å². The maximum Gasteiger partial charge on any atom is 0.255 e. The summed E-state index contributed by atoms with van der Waals surface area (Å²) in [6, 6.07) is 8.05. The monoisotopic (exact) mass is 348 g/mol. The molecule has 1 aromatic carbocycles. The van der Waals surface area contributed by atoms with Gasteiger partial charge in [-0.3, -0.25) is 9.78 Å². The summed E-state index contributed by atoms with van der Waals surface area (Å²) in [5.74, 6) is 0.669. The third kappa shape index (κ3) is 3.21. The van der Waals surface area contributed by atoms with Crippen LogP contribution in [0.3, 0.4) is 0 Å². The molecular weight excluding hydrogens is 324 g/mol. The number of carbonyl (C=O) groups excluding carboxylic acids is 1. The largest absolute Gasteiger partial charge is 0.339 e. The fourth-order valence-electron chi connectivity index (χ4n) is 3.73. The Morgan fingerprint density at radius 2 is 1.96 bits per heavy atom. The Balaban J connectivity index is 1.41. The molecule has 1 amide bonds. The van der Waals surface area contributed by atoms with E-state index >= 15 is 0 Å². The summed E-state index contributed by atoms with van der Waals surface area (Å²) in [5, 5.41) is 0. The molecule has 1 fully saturated rings. The summed E-state index contributed by atoms with van der Waals surface area (Å²) in [6.07, 6.45) is 7.35. The van der Waals surface area contributed by atoms with Gasteiger partial charge in [-0.25, -0.2) is 4.98 Å². The number of nitrogens with zero attached hydrogens (tertiary/aromatic N) is 4. The van der Waals surface area contributed by atoms with Crippen LogP contribution in [0.25, 0.3) is 11.0 Å². The lowest BCUT2D eigenvalue weighted by molar-refractivity contribution is 0.0683. The highest BCUT2D eigenvalue weighted by Gasteiger charge is 2.24. The van der Waals surface area contributed by atoms with Gasteiger partial charge in [0.1, 0.15) is 0 Å². The van der Waals surface area contributed by atoms with Gasteiger partial charge in [0.2, 0.25) is 0 Å². The highest BCUT2D eigenvalue weighted by Crippen LogP contribution is 2.24. The summed E-state index contributed by atoms with van der Waals surface area (Å²) < 4.78 is 2.27. The lowest BCUT2D eigenvalue weighted by Crippen LogP contribution is -2.39. The van der Waals surface area contributed by atoms with Crippen LogP contribution < -0.4 is 0 Å². The number of carbonyl (C=O) groups is 1. The fraction of sp³-hybridized carbons (Fsp3) is 0.381. The summed E-state index contributed by atoms with van der Waals surface area (Å²) >= 11 is 0. The van der Waals surface area contributed by atoms with Crippen molar-refractivity contribution in [2.24, 2.45) is 5.92 Å². The Morgan fingerprint density at radius 1 is 1.19 bits per heavy atom. The molecule has 134 valence electrons. The number of fused-ring (bicyclic) bond motifs is 1. The van der Waals surface area contributed by atoms with Gasteiger partial charge in [-0.1, -0.05) is 0 Å². The van der Waals surface area contributed by atoms with Crippen molar-refractivity contribution < 1.29 is 4.79 Å². The van der Waals surface area contributed by atoms with Gasteiger partial charge in [-0.05, 0) is 68.0 Å². The number of amides is 1. The van der Waals surface area contributed by atoms with Crippen molar-refractivity contribution in [2.75, 3.05) is 13.1 Å². The predicted molar refractivity (Wildman–Crippen MR) is 102 cm³/mol. The van der Waals surface area contributed by atoms with E-state index in [1.807, 2.05) is 23.4 Å². The first-order chi connectivity index (χ1) is 12.6. The number of likely N-dealkylation sites (tertiary alicyclic amines) is 1. The summed E-state index contributed by atoms with van der Waals surface area (Å²) in [6.45, 7) is 6.86. The summed E-state index contributed by atoms with van der Waals surface area (Å²) in [5.41, 5.74) is 5.54. The zero-order valence-electron chi connectivity index (χ0n) is 15.4. The molecule has 0 radical (unpaired) electrons. The van der Waals surface area contributed by atoms with Crippen LogP contribution in [-0.2, 0) is 6.54 Å². The van der Waals surface area contributed by atoms with E-state index in [2.05, 4.69) is 40.5 Å². The standard InChI is InChI=1S/C21H24N4O/c1-15-10-19-20(11-16(15)2)25(14-23-19)13-17-5-8-24(9-6-17)21(26)18-4-3-7-22-12-18/h3-4,7,10-12,14,17H,5-6,8-9,13H2,1-2H3. The summed E-state index contributed by atoms with van der Waals surface area (Å²) in [4.78, 5) is 23.1. The Bertz CT molecular complexity index is 924. The fourth-order valence-corrected chi connectivity index (χ4v) is 3.73. The zero-order valence-corrected chi connectivity index (χ0v) is 15.4. The lowest BCUT2D eigenvalue weighted by Gasteiger charge is -2.32. The Hall–Kier alpha value is -2.69. The van der Waals surface area contributed by atoms with Gasteiger partial charge in [0, 0.05) is 32.0 Å². The van der Waals surface area contributed by atoms with Crippen molar-refractivity contribution in [1.29, 1.82) is 0 Å². The van der Waals surface area contributed by atoms with Crippen LogP contribution >= 0.6 is 0 Å². The van der Waals surface area contributed by atoms with Gasteiger partial charge < -0.3 is 9.47 Å². The molecule has 2 aromatic heterocycles. The normalized spacial score (nSPS) is 15.5. The van der Waals surface area contributed by atoms with Crippen LogP contribution in [0.4, 0.5) is 0 Å². The number of hydrogen-bond donors (Lipinski definition) is 0. The smallest absolute Gasteiger partial charge is 0.255 e. The molecule has 0 bridgehead atoms. The average molecular weight is 348 g/mol. The van der Waals surface area contributed by atoms with Gasteiger partial charge in [0.15, 0.2) is 0 Å². The molecule has 1 saturated heterocycles. The number of hydrogen-bond acceptors (Lipinski definition) is 3. The number of piperidine rings is 1. The van der Waals surface area contributed by atoms with Crippen LogP contribution in [0.15, 0.2) is 43.0 Å². The van der Waals surface area contributed by atoms with E-state index in [1.165, 1.54) is 16.6 Å². The van der Waals surface area contributed by atoms with Crippen molar-refractivity contribution in [3.63, 3.8) is 0 Å². The van der Waals surface area contributed by atoms with Gasteiger partial charge in [0.05, 0.1) is 22.9 Å². The minimum absolute atomic E-state index is 0.0933. The molecule has 0 saturated carbocycles. The quantitative estimate of drug-likeness (QED) is 0.727. The molecule has 26 heavy (non-hydrogen) atoms. The second-order valence-electron chi connectivity index (χ2n) is 7.30. The van der Waals surface area contributed by atoms with Crippen LogP contribution in [0.1, 0.15) is 34.3 Å². The minimum Gasteiger partial charge on any atom is -0.339 e. The van der Waals surface area contributed by atoms with Crippen LogP contribution in [-0.4, -0.2) is 38.4 Å². The molecule has 0 unspecified atom stereocenters. The molecule has 0 atom stereocenters. The SMILES string of the molecule is Cc1cc2ncn(CC3CCN(C(=O)c4cccnc4)CC3)c2cc1C. The molecule has 1 aliphatic heterocycles. The third-order valence-corrected chi connectivity index (χ3v) is 5.50. The second kappa shape index (κ2) is 6.90. The van der Waals surface area contributed by atoms with E-state index in [0.29, 0.717) is 11.5 Å². The zero-order chi connectivity index (χ0) is 18.1. The van der Waals surface area contributed by atoms with E-state index in [9.17, 15) is 4.79 Å². The van der Waals surface area contributed by atoms with Crippen molar-refractivity contribution in [2.45, 2.75) is 33.2 Å². The molecule has 4 rings (SSSR count). The predicted octanol–water partition coefficient (Wildman–Crippen LogP) is 3.60. The van der Waals surface area contributed by atoms with E-state index in [4.69, 9.17) is 0 Å². The van der Waals surface area contributed by atoms with Crippen molar-refractivity contribution >= 4 is 16.9 Å². The van der Waals surface area contributed by atoms with Gasteiger partial charge in [-0.15, -0.1) is 0 Å². The summed E-state index contributed by atoms with van der Waals surface area (Å²) in [7, 11) is 0. The van der Waals surface area contributed by atoms with E-state index in [-0.39, 0.29) is 5.91 Å². The number of imidazole rings is 1. The maximum atomic E-state index is 12.5. The molecule has 0 spiro atoms. The Labute approximate surface area is 153 Å². The molecule has 0 aliphatic carbocycles. The second-order valence-corrected chi connectivity index (χ2v) is 7.30. The van der Waals surface area contributed by atoms with E-state index in [0.717, 1.165) is 38.0 Å². The molecular formula is C21H24N4O. The van der Waals surface area contributed by atoms with E-state index < -0.39 is 0 Å². The van der Waals surface area contributed by atoms with Gasteiger partial charge >= 0.3 is 0 Å². The van der Waals surface area contributed by atoms with Gasteiger partial charge in [0.25, 0.3) is 5.91 Å². The van der Waals surface area contributed by atoms with Crippen LogP contribution in [0.5, 0.6) is 0 Å². The van der Waals surface area contributed by atoms with Crippen LogP contribution in [0.2, 0.25) is 0 Å². The first kappa shape index (κ1) is 16.8. The van der Waals surface area contributed by atoms with Crippen molar-refractivity contribution in [1.82, 2.24) is 19.4 Å². The number of rotatable bonds is 3. The molecule has 5 heteroatoms. The minimum atomic E-state index is 0.0933. The molecule has 5 nitrogen and oxygen atoms in total. The number of aryl methyl sites for hydroxylation is 2. The van der Waals surface area contributed by atoms with Gasteiger partial charge in [-0.2, -0.15) is 0 Å². The number of benzene rings is 1. The highest BCUT2D eigenvalue weighted by molar-refractivity contribution is 5.93. The number of aromatic nitrogens is 3. The Morgan fingerprint density at radius 3 is 2.69 bits per heavy atom. The Kier molecular flexibility index (Phi) is 4.45. The first-order valence-corrected chi connectivity index (χ1v) is 9.23. The van der Waals surface area contributed by atoms with Crippen molar-refractivity contribution in [3.05, 3.63) is 59.7 Å². The van der Waals surface area contributed by atoms with E-state index in [1.54, 1.807) is 12.4 Å². The maximum absolute atomic E-state index is 12.5. The average Bonchev–Trinajstić information content (AvgIpc) is 3.04. The number of pyridine rings is 1. The topological polar surface area (TPSA) is 51.0 Å². The molecule has 3 aromatic rings. The third-order valence-electron chi connectivity index (χ3n) is 5.50. The lowest BCUT2D eigenvalue weighted by atomic mass is 9.96. The molecule has 1 aliphatic rings. The highest BCUT2D eigenvalue weighted by atomic mass is 16.2. The molecule has 0 N–H and O–H groups in total. The van der Waals surface area contributed by atoms with Crippen LogP contribution in [0, 0.1) is 19.8 Å².